The molecule has 0 aliphatic rings. The molecule has 10 heavy (non-hydrogen) atoms. The zero-order valence-electron chi connectivity index (χ0n) is 7.22. The fourth-order valence-corrected chi connectivity index (χ4v) is 0.527. The molecule has 0 N–H and O–H groups in total. The average molecular weight is 137 g/mol. The third-order valence-electron chi connectivity index (χ3n) is 1.38. The minimum atomic E-state index is 0.418. The fraction of sp³-hybridized carbons (Fsp3) is 0.500. The zero-order valence-corrected chi connectivity index (χ0v) is 7.22. The predicted molar refractivity (Wildman–Crippen MR) is 47.7 cm³/mol. The van der Waals surface area contributed by atoms with Gasteiger partial charge in [-0.05, 0) is 26.2 Å². The highest BCUT2D eigenvalue weighted by molar-refractivity contribution is 5.10. The highest BCUT2D eigenvalue weighted by atomic mass is 13.9. The average Bonchev–Trinajstić information content (AvgIpc) is 1.87. The molecule has 0 saturated carbocycles. The standard InChI is InChI=1S/C10H17/c1-5-10(4)8-6-7-9(2)3/h6-9H,2,5H2,1,3-4H3. The Bertz CT molecular complexity index is 127. The van der Waals surface area contributed by atoms with E-state index in [1.807, 2.05) is 0 Å². The second-order valence-corrected chi connectivity index (χ2v) is 2.73. The molecule has 0 rings (SSSR count). The van der Waals surface area contributed by atoms with E-state index < -0.39 is 0 Å². The van der Waals surface area contributed by atoms with Crippen LogP contribution in [0.5, 0.6) is 0 Å². The number of allylic oxidation sites excluding steroid dienone is 4. The lowest BCUT2D eigenvalue weighted by Crippen LogP contribution is -1.76. The molecule has 1 atom stereocenters. The minimum absolute atomic E-state index is 0.418. The fourth-order valence-electron chi connectivity index (χ4n) is 0.527. The minimum Gasteiger partial charge on any atom is -0.0817 e. The van der Waals surface area contributed by atoms with Crippen LogP contribution in [0.25, 0.3) is 0 Å². The van der Waals surface area contributed by atoms with Gasteiger partial charge in [-0.2, -0.15) is 0 Å². The van der Waals surface area contributed by atoms with E-state index in [0.29, 0.717) is 5.92 Å². The Labute approximate surface area is 64.6 Å². The molecule has 0 fully saturated rings. The molecule has 0 aromatic rings. The van der Waals surface area contributed by atoms with Gasteiger partial charge in [-0.1, -0.05) is 37.6 Å². The van der Waals surface area contributed by atoms with Gasteiger partial charge in [0.2, 0.25) is 0 Å². The van der Waals surface area contributed by atoms with Crippen LogP contribution in [0.2, 0.25) is 0 Å². The summed E-state index contributed by atoms with van der Waals surface area (Å²) in [7, 11) is 0. The molecule has 0 aromatic carbocycles. The van der Waals surface area contributed by atoms with Gasteiger partial charge < -0.3 is 0 Å². The van der Waals surface area contributed by atoms with Crippen LogP contribution in [0.15, 0.2) is 23.8 Å². The Morgan fingerprint density at radius 3 is 2.60 bits per heavy atom. The first-order valence-electron chi connectivity index (χ1n) is 3.83. The first kappa shape index (κ1) is 9.48. The van der Waals surface area contributed by atoms with Crippen LogP contribution in [0, 0.1) is 12.8 Å². The van der Waals surface area contributed by atoms with Crippen LogP contribution in [0.1, 0.15) is 27.2 Å². The van der Waals surface area contributed by atoms with Gasteiger partial charge in [-0.15, -0.1) is 0 Å². The third-order valence-corrected chi connectivity index (χ3v) is 1.38. The van der Waals surface area contributed by atoms with Crippen molar-refractivity contribution in [2.24, 2.45) is 5.92 Å². The Hall–Kier alpha value is -0.520. The summed E-state index contributed by atoms with van der Waals surface area (Å²) in [5.41, 5.74) is 1.41. The van der Waals surface area contributed by atoms with Crippen LogP contribution in [0.4, 0.5) is 0 Å². The Kier molecular flexibility index (Phi) is 5.00. The second-order valence-electron chi connectivity index (χ2n) is 2.73. The summed E-state index contributed by atoms with van der Waals surface area (Å²) in [5, 5.41) is 0. The smallest absolute Gasteiger partial charge is 0.0259 e. The van der Waals surface area contributed by atoms with Crippen LogP contribution < -0.4 is 0 Å². The molecule has 0 heterocycles. The van der Waals surface area contributed by atoms with Crippen molar-refractivity contribution in [3.05, 3.63) is 30.7 Å². The topological polar surface area (TPSA) is 0 Å². The molecular weight excluding hydrogens is 120 g/mol. The van der Waals surface area contributed by atoms with E-state index in [-0.39, 0.29) is 0 Å². The highest BCUT2D eigenvalue weighted by Crippen LogP contribution is 1.99. The van der Waals surface area contributed by atoms with Crippen molar-refractivity contribution in [3.8, 4) is 0 Å². The molecule has 57 valence electrons. The van der Waals surface area contributed by atoms with Crippen LogP contribution in [-0.2, 0) is 0 Å². The number of hydrogen-bond donors (Lipinski definition) is 0. The molecule has 0 bridgehead atoms. The molecular formula is C10H17. The summed E-state index contributed by atoms with van der Waals surface area (Å²) < 4.78 is 0. The van der Waals surface area contributed by atoms with E-state index in [0.717, 1.165) is 6.42 Å². The molecule has 0 amide bonds. The molecule has 0 saturated heterocycles. The Balaban J connectivity index is 3.70. The Morgan fingerprint density at radius 1 is 1.60 bits per heavy atom. The van der Waals surface area contributed by atoms with E-state index >= 15 is 0 Å². The Morgan fingerprint density at radius 2 is 2.20 bits per heavy atom. The zero-order chi connectivity index (χ0) is 7.98. The summed E-state index contributed by atoms with van der Waals surface area (Å²) in [6.07, 6.45) is 7.45. The van der Waals surface area contributed by atoms with Gasteiger partial charge in [0.25, 0.3) is 0 Å². The van der Waals surface area contributed by atoms with E-state index in [1.165, 1.54) is 5.57 Å². The molecule has 0 aliphatic carbocycles. The van der Waals surface area contributed by atoms with Crippen LogP contribution >= 0.6 is 0 Å². The quantitative estimate of drug-likeness (QED) is 0.523. The van der Waals surface area contributed by atoms with Crippen LogP contribution in [0.3, 0.4) is 0 Å². The predicted octanol–water partition coefficient (Wildman–Crippen LogP) is 3.37. The van der Waals surface area contributed by atoms with Crippen molar-refractivity contribution in [3.63, 3.8) is 0 Å². The molecule has 0 aliphatic heterocycles. The molecule has 1 unspecified atom stereocenters. The van der Waals surface area contributed by atoms with E-state index in [2.05, 4.69) is 45.9 Å². The lowest BCUT2D eigenvalue weighted by molar-refractivity contribution is 0.935. The van der Waals surface area contributed by atoms with Gasteiger partial charge in [-0.25, -0.2) is 0 Å². The molecule has 0 heteroatoms. The number of hydrogen-bond acceptors (Lipinski definition) is 0. The van der Waals surface area contributed by atoms with E-state index in [4.69, 9.17) is 0 Å². The maximum absolute atomic E-state index is 3.85. The van der Waals surface area contributed by atoms with Gasteiger partial charge in [0.15, 0.2) is 0 Å². The monoisotopic (exact) mass is 137 g/mol. The van der Waals surface area contributed by atoms with Gasteiger partial charge in [0.05, 0.1) is 0 Å². The van der Waals surface area contributed by atoms with E-state index in [9.17, 15) is 0 Å². The molecule has 0 spiro atoms. The lowest BCUT2D eigenvalue weighted by Gasteiger charge is -1.92. The summed E-state index contributed by atoms with van der Waals surface area (Å²) in [5.74, 6) is 0.418. The largest absolute Gasteiger partial charge is 0.0817 e. The number of rotatable bonds is 3. The van der Waals surface area contributed by atoms with Gasteiger partial charge in [-0.3, -0.25) is 0 Å². The SMILES string of the molecule is [CH2]C(C)C=CC=C(C)CC. The summed E-state index contributed by atoms with van der Waals surface area (Å²) in [6.45, 7) is 10.2. The van der Waals surface area contributed by atoms with Crippen molar-refractivity contribution in [1.29, 1.82) is 0 Å². The van der Waals surface area contributed by atoms with Crippen molar-refractivity contribution < 1.29 is 0 Å². The van der Waals surface area contributed by atoms with Gasteiger partial charge in [0.1, 0.15) is 0 Å². The first-order chi connectivity index (χ1) is 4.66. The van der Waals surface area contributed by atoms with Crippen molar-refractivity contribution in [1.82, 2.24) is 0 Å². The van der Waals surface area contributed by atoms with E-state index in [1.54, 1.807) is 0 Å². The van der Waals surface area contributed by atoms with Gasteiger partial charge >= 0.3 is 0 Å². The normalized spacial score (nSPS) is 13.5. The molecule has 0 aromatic heterocycles. The van der Waals surface area contributed by atoms with Gasteiger partial charge in [0, 0.05) is 0 Å². The summed E-state index contributed by atoms with van der Waals surface area (Å²) in [6, 6.07) is 0. The maximum atomic E-state index is 3.85. The maximum Gasteiger partial charge on any atom is -0.0259 e. The van der Waals surface area contributed by atoms with Crippen molar-refractivity contribution in [2.45, 2.75) is 27.2 Å². The lowest BCUT2D eigenvalue weighted by atomic mass is 10.2. The summed E-state index contributed by atoms with van der Waals surface area (Å²) in [4.78, 5) is 0. The second kappa shape index (κ2) is 5.28. The van der Waals surface area contributed by atoms with Crippen molar-refractivity contribution in [2.75, 3.05) is 0 Å². The van der Waals surface area contributed by atoms with Crippen LogP contribution in [-0.4, -0.2) is 0 Å². The summed E-state index contributed by atoms with van der Waals surface area (Å²) >= 11 is 0. The van der Waals surface area contributed by atoms with Crippen molar-refractivity contribution >= 4 is 0 Å². The first-order valence-corrected chi connectivity index (χ1v) is 3.83. The molecule has 1 radical (unpaired) electrons. The third kappa shape index (κ3) is 5.61. The highest BCUT2D eigenvalue weighted by Gasteiger charge is 1.81. The molecule has 0 nitrogen and oxygen atoms in total.